The zero-order chi connectivity index (χ0) is 11.2. The summed E-state index contributed by atoms with van der Waals surface area (Å²) in [6.45, 7) is 1.69. The van der Waals surface area contributed by atoms with Gasteiger partial charge in [0.2, 0.25) is 0 Å². The molecule has 0 heterocycles. The van der Waals surface area contributed by atoms with Crippen LogP contribution in [-0.2, 0) is 13.7 Å². The molecule has 0 saturated carbocycles. The second kappa shape index (κ2) is 5.93. The third kappa shape index (κ3) is 8.78. The molecule has 2 N–H and O–H groups in total. The quantitative estimate of drug-likeness (QED) is 0.678. The highest BCUT2D eigenvalue weighted by atomic mass is 31.2. The van der Waals surface area contributed by atoms with Crippen LogP contribution in [0.2, 0.25) is 0 Å². The predicted octanol–water partition coefficient (Wildman–Crippen LogP) is 2.24. The Balaban J connectivity index is 3.77. The van der Waals surface area contributed by atoms with Crippen LogP contribution in [0.1, 0.15) is 13.3 Å². The van der Waals surface area contributed by atoms with Gasteiger partial charge in [-0.3, -0.25) is 14.4 Å². The summed E-state index contributed by atoms with van der Waals surface area (Å²) >= 11 is 0. The molecule has 5 nitrogen and oxygen atoms in total. The standard InChI is InChI=1S/C5H13F2NO4P2/c1-2-3-12-14(7,11)5-8-4-13(6,9)10/h8H,2-5H2,1H3,(H,9,10). The van der Waals surface area contributed by atoms with Crippen LogP contribution < -0.4 is 5.32 Å². The van der Waals surface area contributed by atoms with E-state index in [1.165, 1.54) is 0 Å². The van der Waals surface area contributed by atoms with E-state index in [4.69, 9.17) is 4.89 Å². The molecule has 0 aromatic rings. The Labute approximate surface area is 81.0 Å². The lowest BCUT2D eigenvalue weighted by molar-refractivity contribution is 0.285. The summed E-state index contributed by atoms with van der Waals surface area (Å²) in [5, 5.41) is 1.92. The Kier molecular flexibility index (Phi) is 6.02. The molecule has 0 aliphatic heterocycles. The number of rotatable bonds is 7. The predicted molar refractivity (Wildman–Crippen MR) is 48.8 cm³/mol. The van der Waals surface area contributed by atoms with Gasteiger partial charge in [0.15, 0.2) is 0 Å². The van der Waals surface area contributed by atoms with Crippen LogP contribution in [0.5, 0.6) is 0 Å². The Bertz CT molecular complexity index is 256. The van der Waals surface area contributed by atoms with E-state index < -0.39 is 27.9 Å². The van der Waals surface area contributed by atoms with Gasteiger partial charge in [0.1, 0.15) is 12.6 Å². The Morgan fingerprint density at radius 2 is 1.93 bits per heavy atom. The third-order valence-corrected chi connectivity index (χ3v) is 2.88. The zero-order valence-electron chi connectivity index (χ0n) is 7.65. The summed E-state index contributed by atoms with van der Waals surface area (Å²) in [7, 11) is -9.04. The Morgan fingerprint density at radius 1 is 1.36 bits per heavy atom. The monoisotopic (exact) mass is 251 g/mol. The summed E-state index contributed by atoms with van der Waals surface area (Å²) in [6, 6.07) is 0. The van der Waals surface area contributed by atoms with E-state index in [2.05, 4.69) is 4.52 Å². The van der Waals surface area contributed by atoms with Gasteiger partial charge in [0.25, 0.3) is 0 Å². The van der Waals surface area contributed by atoms with E-state index in [1.807, 2.05) is 5.32 Å². The maximum atomic E-state index is 12.8. The summed E-state index contributed by atoms with van der Waals surface area (Å²) < 4.78 is 50.1. The molecule has 0 saturated heterocycles. The fourth-order valence-corrected chi connectivity index (χ4v) is 2.08. The molecular formula is C5H13F2NO4P2. The van der Waals surface area contributed by atoms with Gasteiger partial charge in [-0.1, -0.05) is 6.92 Å². The van der Waals surface area contributed by atoms with E-state index in [1.54, 1.807) is 6.92 Å². The van der Waals surface area contributed by atoms with E-state index in [0.717, 1.165) is 0 Å². The van der Waals surface area contributed by atoms with Crippen molar-refractivity contribution in [3.63, 3.8) is 0 Å². The van der Waals surface area contributed by atoms with Crippen molar-refractivity contribution in [2.24, 2.45) is 0 Å². The Morgan fingerprint density at radius 3 is 2.36 bits per heavy atom. The first-order valence-electron chi connectivity index (χ1n) is 3.92. The molecule has 2 unspecified atom stereocenters. The Hall–Kier alpha value is 0.200. The second-order valence-electron chi connectivity index (χ2n) is 2.61. The van der Waals surface area contributed by atoms with Gasteiger partial charge in [-0.2, -0.15) is 8.39 Å². The normalized spacial score (nSPS) is 20.0. The molecule has 9 heteroatoms. The minimum atomic E-state index is -4.73. The zero-order valence-corrected chi connectivity index (χ0v) is 9.44. The van der Waals surface area contributed by atoms with E-state index in [0.29, 0.717) is 6.42 Å². The van der Waals surface area contributed by atoms with Crippen LogP contribution in [0.25, 0.3) is 0 Å². The van der Waals surface area contributed by atoms with Crippen molar-refractivity contribution in [2.75, 3.05) is 19.2 Å². The number of halogens is 2. The lowest BCUT2D eigenvalue weighted by Crippen LogP contribution is -2.16. The molecule has 0 rings (SSSR count). The van der Waals surface area contributed by atoms with Gasteiger partial charge in [-0.25, -0.2) is 0 Å². The van der Waals surface area contributed by atoms with E-state index >= 15 is 0 Å². The molecule has 0 fully saturated rings. The topological polar surface area (TPSA) is 75.6 Å². The molecule has 0 amide bonds. The molecule has 0 aromatic carbocycles. The highest BCUT2D eigenvalue weighted by Crippen LogP contribution is 2.48. The first-order valence-corrected chi connectivity index (χ1v) is 7.36. The molecule has 0 aromatic heterocycles. The van der Waals surface area contributed by atoms with Crippen LogP contribution in [0.15, 0.2) is 0 Å². The minimum Gasteiger partial charge on any atom is -0.320 e. The van der Waals surface area contributed by atoms with Crippen LogP contribution >= 0.6 is 15.4 Å². The van der Waals surface area contributed by atoms with Crippen molar-refractivity contribution in [2.45, 2.75) is 13.3 Å². The number of nitrogens with one attached hydrogen (secondary N) is 1. The number of hydrogen-bond donors (Lipinski definition) is 2. The fraction of sp³-hybridized carbons (Fsp3) is 1.00. The second-order valence-corrected chi connectivity index (χ2v) is 5.91. The summed E-state index contributed by atoms with van der Waals surface area (Å²) in [5.41, 5.74) is 0. The molecule has 86 valence electrons. The van der Waals surface area contributed by atoms with Gasteiger partial charge in [-0.15, -0.1) is 0 Å². The van der Waals surface area contributed by atoms with Gasteiger partial charge in [-0.05, 0) is 6.42 Å². The molecule has 0 spiro atoms. The highest BCUT2D eigenvalue weighted by molar-refractivity contribution is 7.53. The van der Waals surface area contributed by atoms with Gasteiger partial charge >= 0.3 is 15.4 Å². The largest absolute Gasteiger partial charge is 0.380 e. The molecule has 14 heavy (non-hydrogen) atoms. The SMILES string of the molecule is CCCOP(=O)(F)CNCP(=O)(O)F. The maximum Gasteiger partial charge on any atom is 0.380 e. The van der Waals surface area contributed by atoms with Gasteiger partial charge < -0.3 is 9.42 Å². The summed E-state index contributed by atoms with van der Waals surface area (Å²) in [4.78, 5) is 8.16. The first kappa shape index (κ1) is 14.2. The van der Waals surface area contributed by atoms with Crippen LogP contribution in [0, 0.1) is 0 Å². The van der Waals surface area contributed by atoms with Crippen molar-refractivity contribution in [1.29, 1.82) is 0 Å². The summed E-state index contributed by atoms with van der Waals surface area (Å²) in [5.74, 6) is 0. The average molecular weight is 251 g/mol. The average Bonchev–Trinajstić information content (AvgIpc) is 1.98. The van der Waals surface area contributed by atoms with Crippen molar-refractivity contribution < 1.29 is 26.9 Å². The van der Waals surface area contributed by atoms with Gasteiger partial charge in [0.05, 0.1) is 6.61 Å². The van der Waals surface area contributed by atoms with Crippen molar-refractivity contribution in [1.82, 2.24) is 5.32 Å². The van der Waals surface area contributed by atoms with Gasteiger partial charge in [0, 0.05) is 0 Å². The lowest BCUT2D eigenvalue weighted by atomic mass is 10.5. The van der Waals surface area contributed by atoms with E-state index in [-0.39, 0.29) is 6.61 Å². The third-order valence-electron chi connectivity index (χ3n) is 1.10. The van der Waals surface area contributed by atoms with Crippen LogP contribution in [-0.4, -0.2) is 24.1 Å². The van der Waals surface area contributed by atoms with Crippen molar-refractivity contribution in [3.05, 3.63) is 0 Å². The first-order chi connectivity index (χ1) is 6.27. The molecule has 0 radical (unpaired) electrons. The molecule has 2 atom stereocenters. The fourth-order valence-electron chi connectivity index (χ4n) is 0.595. The van der Waals surface area contributed by atoms with Crippen LogP contribution in [0.3, 0.4) is 0 Å². The lowest BCUT2D eigenvalue weighted by Gasteiger charge is -2.10. The highest BCUT2D eigenvalue weighted by Gasteiger charge is 2.23. The molecule has 0 aliphatic carbocycles. The minimum absolute atomic E-state index is 0.0120. The molecule has 0 bridgehead atoms. The van der Waals surface area contributed by atoms with Crippen LogP contribution in [0.4, 0.5) is 8.39 Å². The molecule has 0 aliphatic rings. The maximum absolute atomic E-state index is 12.8. The van der Waals surface area contributed by atoms with E-state index in [9.17, 15) is 17.5 Å². The smallest absolute Gasteiger partial charge is 0.320 e. The summed E-state index contributed by atoms with van der Waals surface area (Å²) in [6.07, 6.45) is -1.20. The van der Waals surface area contributed by atoms with Crippen molar-refractivity contribution >= 4 is 15.4 Å². The van der Waals surface area contributed by atoms with Crippen molar-refractivity contribution in [3.8, 4) is 0 Å². The molecular weight excluding hydrogens is 238 g/mol. The number of hydrogen-bond acceptors (Lipinski definition) is 4.